The Hall–Kier alpha value is -1.02. The number of hydrogen-bond acceptors (Lipinski definition) is 2. The van der Waals surface area contributed by atoms with Crippen LogP contribution in [0.5, 0.6) is 0 Å². The second-order valence-corrected chi connectivity index (χ2v) is 4.80. The van der Waals surface area contributed by atoms with Crippen LogP contribution >= 0.6 is 11.6 Å². The molecule has 3 heteroatoms. The molecule has 1 aliphatic heterocycles. The van der Waals surface area contributed by atoms with Gasteiger partial charge >= 0.3 is 0 Å². The number of halogens is 1. The van der Waals surface area contributed by atoms with E-state index in [9.17, 15) is 4.79 Å². The molecule has 0 aromatic heterocycles. The first kappa shape index (κ1) is 10.5. The molecule has 1 aromatic carbocycles. The lowest BCUT2D eigenvalue weighted by atomic mass is 10.00. The predicted octanol–water partition coefficient (Wildman–Crippen LogP) is 2.90. The highest BCUT2D eigenvalue weighted by Gasteiger charge is 2.39. The number of Topliss-reactive ketones (excluding diaryl/α,β-unsaturated/α-hetero) is 1. The van der Waals surface area contributed by atoms with E-state index in [1.54, 1.807) is 0 Å². The maximum Gasteiger partial charge on any atom is 0.159 e. The fraction of sp³-hybridized carbons (Fsp3) is 0.417. The summed E-state index contributed by atoms with van der Waals surface area (Å²) in [6.45, 7) is 4.74. The van der Waals surface area contributed by atoms with Gasteiger partial charge in [-0.1, -0.05) is 11.6 Å². The van der Waals surface area contributed by atoms with Crippen LogP contribution in [0.3, 0.4) is 0 Å². The Balaban J connectivity index is 2.32. The van der Waals surface area contributed by atoms with Crippen LogP contribution in [-0.4, -0.2) is 17.9 Å². The number of carbonyl (C=O) groups excluding carboxylic acids is 1. The van der Waals surface area contributed by atoms with E-state index in [0.29, 0.717) is 12.2 Å². The van der Waals surface area contributed by atoms with Crippen LogP contribution in [0.15, 0.2) is 24.3 Å². The third-order valence-corrected chi connectivity index (χ3v) is 3.31. The van der Waals surface area contributed by atoms with E-state index in [1.807, 2.05) is 38.1 Å². The third-order valence-electron chi connectivity index (χ3n) is 3.06. The van der Waals surface area contributed by atoms with Gasteiger partial charge in [0.25, 0.3) is 0 Å². The lowest BCUT2D eigenvalue weighted by Gasteiger charge is -2.32. The monoisotopic (exact) mass is 223 g/mol. The Bertz CT molecular complexity index is 383. The van der Waals surface area contributed by atoms with E-state index in [0.717, 1.165) is 17.3 Å². The molecule has 1 fully saturated rings. The van der Waals surface area contributed by atoms with Crippen molar-refractivity contribution in [2.45, 2.75) is 25.8 Å². The molecule has 1 aliphatic rings. The van der Waals surface area contributed by atoms with Gasteiger partial charge in [0, 0.05) is 23.7 Å². The second-order valence-electron chi connectivity index (χ2n) is 4.36. The average molecular weight is 224 g/mol. The van der Waals surface area contributed by atoms with Crippen molar-refractivity contribution in [1.29, 1.82) is 0 Å². The fourth-order valence-electron chi connectivity index (χ4n) is 2.02. The molecule has 0 radical (unpaired) electrons. The van der Waals surface area contributed by atoms with Gasteiger partial charge in [-0.05, 0) is 38.1 Å². The Morgan fingerprint density at radius 3 is 2.33 bits per heavy atom. The highest BCUT2D eigenvalue weighted by Crippen LogP contribution is 2.31. The summed E-state index contributed by atoms with van der Waals surface area (Å²) in [5.41, 5.74) is 0.684. The van der Waals surface area contributed by atoms with Crippen molar-refractivity contribution in [3.63, 3.8) is 0 Å². The second kappa shape index (κ2) is 3.53. The molecule has 2 nitrogen and oxygen atoms in total. The maximum atomic E-state index is 11.7. The number of rotatable bonds is 1. The molecular weight excluding hydrogens is 210 g/mol. The number of benzene rings is 1. The lowest BCUT2D eigenvalue weighted by Crippen LogP contribution is -2.42. The summed E-state index contributed by atoms with van der Waals surface area (Å²) in [5.74, 6) is 0.303. The summed E-state index contributed by atoms with van der Waals surface area (Å²) in [4.78, 5) is 13.8. The maximum absolute atomic E-state index is 11.7. The molecule has 0 unspecified atom stereocenters. The standard InChI is InChI=1S/C12H14ClNO/c1-12(2)11(15)7-8-14(12)10-5-3-9(13)4-6-10/h3-6H,7-8H2,1-2H3. The highest BCUT2D eigenvalue weighted by molar-refractivity contribution is 6.30. The van der Waals surface area contributed by atoms with Gasteiger partial charge in [0.2, 0.25) is 0 Å². The summed E-state index contributed by atoms with van der Waals surface area (Å²) in [6, 6.07) is 7.64. The van der Waals surface area contributed by atoms with Crippen molar-refractivity contribution in [3.8, 4) is 0 Å². The van der Waals surface area contributed by atoms with E-state index in [4.69, 9.17) is 11.6 Å². The first-order chi connectivity index (χ1) is 7.01. The Kier molecular flexibility index (Phi) is 2.47. The molecular formula is C12H14ClNO. The summed E-state index contributed by atoms with van der Waals surface area (Å²) < 4.78 is 0. The molecule has 0 amide bonds. The van der Waals surface area contributed by atoms with Gasteiger partial charge in [-0.3, -0.25) is 4.79 Å². The van der Waals surface area contributed by atoms with E-state index >= 15 is 0 Å². The van der Waals surface area contributed by atoms with Crippen LogP contribution < -0.4 is 4.90 Å². The third kappa shape index (κ3) is 1.74. The minimum Gasteiger partial charge on any atom is -0.359 e. The molecule has 0 aliphatic carbocycles. The van der Waals surface area contributed by atoms with Crippen molar-refractivity contribution in [3.05, 3.63) is 29.3 Å². The van der Waals surface area contributed by atoms with Gasteiger partial charge in [0.1, 0.15) is 0 Å². The minimum absolute atomic E-state index is 0.303. The molecule has 0 spiro atoms. The van der Waals surface area contributed by atoms with Gasteiger partial charge < -0.3 is 4.90 Å². The van der Waals surface area contributed by atoms with Gasteiger partial charge in [0.15, 0.2) is 5.78 Å². The van der Waals surface area contributed by atoms with Crippen LogP contribution in [0.4, 0.5) is 5.69 Å². The van der Waals surface area contributed by atoms with Crippen LogP contribution in [0.25, 0.3) is 0 Å². The van der Waals surface area contributed by atoms with Gasteiger partial charge in [-0.15, -0.1) is 0 Å². The molecule has 0 atom stereocenters. The SMILES string of the molecule is CC1(C)C(=O)CCN1c1ccc(Cl)cc1. The number of anilines is 1. The normalized spacial score (nSPS) is 19.7. The summed E-state index contributed by atoms with van der Waals surface area (Å²) >= 11 is 5.83. The molecule has 0 saturated carbocycles. The smallest absolute Gasteiger partial charge is 0.159 e. The number of ketones is 1. The first-order valence-electron chi connectivity index (χ1n) is 5.08. The van der Waals surface area contributed by atoms with Crippen molar-refractivity contribution in [2.75, 3.05) is 11.4 Å². The zero-order chi connectivity index (χ0) is 11.1. The zero-order valence-corrected chi connectivity index (χ0v) is 9.71. The minimum atomic E-state index is -0.381. The summed E-state index contributed by atoms with van der Waals surface area (Å²) in [7, 11) is 0. The number of hydrogen-bond donors (Lipinski definition) is 0. The molecule has 2 rings (SSSR count). The van der Waals surface area contributed by atoms with E-state index < -0.39 is 0 Å². The number of nitrogens with zero attached hydrogens (tertiary/aromatic N) is 1. The topological polar surface area (TPSA) is 20.3 Å². The molecule has 0 bridgehead atoms. The van der Waals surface area contributed by atoms with Crippen LogP contribution in [-0.2, 0) is 4.79 Å². The van der Waals surface area contributed by atoms with Gasteiger partial charge in [0.05, 0.1) is 5.54 Å². The van der Waals surface area contributed by atoms with E-state index in [-0.39, 0.29) is 5.54 Å². The van der Waals surface area contributed by atoms with Crippen molar-refractivity contribution >= 4 is 23.1 Å². The molecule has 1 saturated heterocycles. The van der Waals surface area contributed by atoms with E-state index in [1.165, 1.54) is 0 Å². The Labute approximate surface area is 94.8 Å². The summed E-state index contributed by atoms with van der Waals surface area (Å²) in [6.07, 6.45) is 0.635. The molecule has 1 heterocycles. The van der Waals surface area contributed by atoms with Gasteiger partial charge in [-0.25, -0.2) is 0 Å². The van der Waals surface area contributed by atoms with Crippen molar-refractivity contribution < 1.29 is 4.79 Å². The summed E-state index contributed by atoms with van der Waals surface area (Å²) in [5, 5.41) is 0.724. The predicted molar refractivity (Wildman–Crippen MR) is 62.5 cm³/mol. The first-order valence-corrected chi connectivity index (χ1v) is 5.46. The van der Waals surface area contributed by atoms with Crippen LogP contribution in [0.1, 0.15) is 20.3 Å². The van der Waals surface area contributed by atoms with Crippen LogP contribution in [0, 0.1) is 0 Å². The largest absolute Gasteiger partial charge is 0.359 e. The lowest BCUT2D eigenvalue weighted by molar-refractivity contribution is -0.120. The number of carbonyl (C=O) groups is 1. The molecule has 0 N–H and O–H groups in total. The highest BCUT2D eigenvalue weighted by atomic mass is 35.5. The van der Waals surface area contributed by atoms with Gasteiger partial charge in [-0.2, -0.15) is 0 Å². The average Bonchev–Trinajstić information content (AvgIpc) is 2.44. The van der Waals surface area contributed by atoms with Crippen molar-refractivity contribution in [2.24, 2.45) is 0 Å². The fourth-order valence-corrected chi connectivity index (χ4v) is 2.15. The Morgan fingerprint density at radius 1 is 1.27 bits per heavy atom. The Morgan fingerprint density at radius 2 is 1.87 bits per heavy atom. The van der Waals surface area contributed by atoms with E-state index in [2.05, 4.69) is 4.90 Å². The molecule has 80 valence electrons. The quantitative estimate of drug-likeness (QED) is 0.730. The van der Waals surface area contributed by atoms with Crippen molar-refractivity contribution in [1.82, 2.24) is 0 Å². The van der Waals surface area contributed by atoms with Crippen LogP contribution in [0.2, 0.25) is 5.02 Å². The molecule has 15 heavy (non-hydrogen) atoms. The molecule has 1 aromatic rings. The zero-order valence-electron chi connectivity index (χ0n) is 8.96.